The predicted octanol–water partition coefficient (Wildman–Crippen LogP) is 2.39. The Morgan fingerprint density at radius 1 is 1.04 bits per heavy atom. The van der Waals surface area contributed by atoms with Crippen molar-refractivity contribution in [3.63, 3.8) is 0 Å². The van der Waals surface area contributed by atoms with Gasteiger partial charge in [-0.2, -0.15) is 0 Å². The van der Waals surface area contributed by atoms with E-state index in [4.69, 9.17) is 9.47 Å². The molecular formula is C19H17BrN2O5. The summed E-state index contributed by atoms with van der Waals surface area (Å²) < 4.78 is 11.0. The molecule has 3 rings (SSSR count). The lowest BCUT2D eigenvalue weighted by Crippen LogP contribution is -2.35. The second-order valence-corrected chi connectivity index (χ2v) is 6.71. The topological polar surface area (TPSA) is 93.7 Å². The predicted molar refractivity (Wildman–Crippen MR) is 101 cm³/mol. The highest BCUT2D eigenvalue weighted by Gasteiger charge is 2.16. The van der Waals surface area contributed by atoms with Gasteiger partial charge in [0.15, 0.2) is 6.61 Å². The van der Waals surface area contributed by atoms with Gasteiger partial charge in [-0.15, -0.1) is 0 Å². The lowest BCUT2D eigenvalue weighted by Gasteiger charge is -2.09. The lowest BCUT2D eigenvalue weighted by molar-refractivity contribution is -0.126. The van der Waals surface area contributed by atoms with Crippen molar-refractivity contribution in [2.45, 2.75) is 13.2 Å². The smallest absolute Gasteiger partial charge is 0.338 e. The van der Waals surface area contributed by atoms with Crippen LogP contribution in [-0.2, 0) is 32.3 Å². The lowest BCUT2D eigenvalue weighted by atomic mass is 10.1. The van der Waals surface area contributed by atoms with Gasteiger partial charge in [0.05, 0.1) is 31.0 Å². The summed E-state index contributed by atoms with van der Waals surface area (Å²) >= 11 is 3.32. The fourth-order valence-electron chi connectivity index (χ4n) is 2.50. The van der Waals surface area contributed by atoms with Gasteiger partial charge in [0.1, 0.15) is 0 Å². The molecule has 0 radical (unpaired) electrons. The Labute approximate surface area is 164 Å². The molecule has 27 heavy (non-hydrogen) atoms. The summed E-state index contributed by atoms with van der Waals surface area (Å²) in [5, 5.41) is 5.07. The molecule has 0 spiro atoms. The first-order valence-corrected chi connectivity index (χ1v) is 9.00. The molecular weight excluding hydrogens is 416 g/mol. The molecule has 0 bridgehead atoms. The zero-order valence-electron chi connectivity index (χ0n) is 14.3. The number of esters is 1. The fraction of sp³-hybridized carbons (Fsp3) is 0.211. The van der Waals surface area contributed by atoms with Crippen molar-refractivity contribution in [3.05, 3.63) is 63.6 Å². The second-order valence-electron chi connectivity index (χ2n) is 5.86. The number of hydrogen-bond donors (Lipinski definition) is 2. The quantitative estimate of drug-likeness (QED) is 0.683. The van der Waals surface area contributed by atoms with Crippen molar-refractivity contribution in [1.29, 1.82) is 0 Å². The number of amides is 2. The number of rotatable bonds is 6. The average Bonchev–Trinajstić information content (AvgIpc) is 3.14. The van der Waals surface area contributed by atoms with E-state index in [1.54, 1.807) is 30.3 Å². The number of carbonyl (C=O) groups excluding carboxylic acids is 3. The van der Waals surface area contributed by atoms with E-state index in [-0.39, 0.29) is 12.5 Å². The summed E-state index contributed by atoms with van der Waals surface area (Å²) in [7, 11) is 0. The molecule has 1 aliphatic heterocycles. The van der Waals surface area contributed by atoms with Crippen LogP contribution in [0.1, 0.15) is 21.5 Å². The highest BCUT2D eigenvalue weighted by molar-refractivity contribution is 9.10. The van der Waals surface area contributed by atoms with Crippen molar-refractivity contribution in [2.24, 2.45) is 0 Å². The van der Waals surface area contributed by atoms with Crippen molar-refractivity contribution >= 4 is 39.4 Å². The molecule has 0 aliphatic carbocycles. The molecule has 2 N–H and O–H groups in total. The van der Waals surface area contributed by atoms with Crippen LogP contribution in [0, 0.1) is 0 Å². The molecule has 0 atom stereocenters. The number of para-hydroxylation sites is 1. The molecule has 2 aromatic rings. The number of ether oxygens (including phenoxy) is 2. The van der Waals surface area contributed by atoms with Gasteiger partial charge in [0, 0.05) is 4.47 Å². The maximum absolute atomic E-state index is 12.0. The number of carbonyl (C=O) groups is 3. The van der Waals surface area contributed by atoms with Crippen LogP contribution in [-0.4, -0.2) is 30.9 Å². The van der Waals surface area contributed by atoms with Crippen LogP contribution >= 0.6 is 15.9 Å². The van der Waals surface area contributed by atoms with Gasteiger partial charge in [0.2, 0.25) is 5.91 Å². The molecule has 1 aliphatic rings. The fourth-order valence-corrected chi connectivity index (χ4v) is 2.88. The summed E-state index contributed by atoms with van der Waals surface area (Å²) in [4.78, 5) is 35.7. The summed E-state index contributed by atoms with van der Waals surface area (Å²) in [5.74, 6) is -1.55. The first-order valence-electron chi connectivity index (χ1n) is 8.20. The second kappa shape index (κ2) is 8.79. The first kappa shape index (κ1) is 19.1. The Bertz CT molecular complexity index is 884. The summed E-state index contributed by atoms with van der Waals surface area (Å²) in [5.41, 5.74) is 2.94. The Morgan fingerprint density at radius 3 is 2.63 bits per heavy atom. The van der Waals surface area contributed by atoms with E-state index in [1.165, 1.54) is 0 Å². The molecule has 0 saturated carbocycles. The van der Waals surface area contributed by atoms with Crippen LogP contribution in [0.5, 0.6) is 0 Å². The summed E-state index contributed by atoms with van der Waals surface area (Å²) in [6, 6.07) is 12.3. The number of nitrogens with one attached hydrogen (secondary N) is 2. The van der Waals surface area contributed by atoms with E-state index < -0.39 is 18.5 Å². The van der Waals surface area contributed by atoms with E-state index in [0.29, 0.717) is 24.5 Å². The number of benzene rings is 2. The highest BCUT2D eigenvalue weighted by Crippen LogP contribution is 2.21. The molecule has 7 nitrogen and oxygen atoms in total. The summed E-state index contributed by atoms with van der Waals surface area (Å²) in [6.07, 6.45) is 0. The zero-order valence-corrected chi connectivity index (χ0v) is 15.9. The third-order valence-corrected chi connectivity index (χ3v) is 4.58. The van der Waals surface area contributed by atoms with E-state index in [2.05, 4.69) is 26.6 Å². The zero-order chi connectivity index (χ0) is 19.2. The number of hydrogen-bond acceptors (Lipinski definition) is 5. The minimum atomic E-state index is -0.600. The van der Waals surface area contributed by atoms with Crippen molar-refractivity contribution in [2.75, 3.05) is 18.5 Å². The molecule has 0 aromatic heterocycles. The van der Waals surface area contributed by atoms with Gasteiger partial charge in [-0.05, 0) is 51.3 Å². The van der Waals surface area contributed by atoms with E-state index in [9.17, 15) is 14.4 Å². The van der Waals surface area contributed by atoms with Crippen LogP contribution in [0.15, 0.2) is 46.9 Å². The normalized spacial score (nSPS) is 12.2. The molecule has 8 heteroatoms. The van der Waals surface area contributed by atoms with Crippen molar-refractivity contribution in [3.8, 4) is 0 Å². The Hall–Kier alpha value is -2.71. The molecule has 2 aromatic carbocycles. The molecule has 0 saturated heterocycles. The standard InChI is InChI=1S/C19H17BrN2O5/c20-15-3-1-2-4-16(15)22-17(23)8-21-18(24)11-27-19(25)12-5-6-13-9-26-10-14(13)7-12/h1-7H,8-11H2,(H,21,24)(H,22,23). The van der Waals surface area contributed by atoms with Crippen LogP contribution in [0.4, 0.5) is 5.69 Å². The minimum absolute atomic E-state index is 0.228. The van der Waals surface area contributed by atoms with Crippen molar-refractivity contribution in [1.82, 2.24) is 5.32 Å². The van der Waals surface area contributed by atoms with E-state index in [0.717, 1.165) is 15.6 Å². The molecule has 2 amide bonds. The van der Waals surface area contributed by atoms with E-state index in [1.807, 2.05) is 12.1 Å². The van der Waals surface area contributed by atoms with Crippen LogP contribution < -0.4 is 10.6 Å². The van der Waals surface area contributed by atoms with Crippen LogP contribution in [0.25, 0.3) is 0 Å². The third kappa shape index (κ3) is 5.15. The SMILES string of the molecule is O=C(COC(=O)c1ccc2c(c1)COC2)NCC(=O)Nc1ccccc1Br. The Balaban J connectivity index is 1.42. The summed E-state index contributed by atoms with van der Waals surface area (Å²) in [6.45, 7) is 0.306. The maximum Gasteiger partial charge on any atom is 0.338 e. The molecule has 1 heterocycles. The largest absolute Gasteiger partial charge is 0.452 e. The molecule has 140 valence electrons. The van der Waals surface area contributed by atoms with Gasteiger partial charge in [0.25, 0.3) is 5.91 Å². The van der Waals surface area contributed by atoms with Gasteiger partial charge < -0.3 is 20.1 Å². The average molecular weight is 433 g/mol. The van der Waals surface area contributed by atoms with Gasteiger partial charge in [-0.3, -0.25) is 9.59 Å². The van der Waals surface area contributed by atoms with Crippen molar-refractivity contribution < 1.29 is 23.9 Å². The van der Waals surface area contributed by atoms with Gasteiger partial charge >= 0.3 is 5.97 Å². The Kier molecular flexibility index (Phi) is 6.20. The van der Waals surface area contributed by atoms with Crippen LogP contribution in [0.2, 0.25) is 0 Å². The number of halogens is 1. The monoisotopic (exact) mass is 432 g/mol. The molecule has 0 unspecified atom stereocenters. The third-order valence-electron chi connectivity index (χ3n) is 3.89. The minimum Gasteiger partial charge on any atom is -0.452 e. The van der Waals surface area contributed by atoms with Crippen LogP contribution in [0.3, 0.4) is 0 Å². The number of anilines is 1. The van der Waals surface area contributed by atoms with E-state index >= 15 is 0 Å². The Morgan fingerprint density at radius 2 is 1.81 bits per heavy atom. The molecule has 0 fully saturated rings. The van der Waals surface area contributed by atoms with Gasteiger partial charge in [-0.25, -0.2) is 4.79 Å². The first-order chi connectivity index (χ1) is 13.0. The van der Waals surface area contributed by atoms with Gasteiger partial charge in [-0.1, -0.05) is 18.2 Å². The maximum atomic E-state index is 12.0. The highest BCUT2D eigenvalue weighted by atomic mass is 79.9. The number of fused-ring (bicyclic) bond motifs is 1.